The van der Waals surface area contributed by atoms with Gasteiger partial charge in [-0.1, -0.05) is 49.4 Å². The molecule has 0 spiro atoms. The molecule has 1 aliphatic rings. The Kier molecular flexibility index (Phi) is 6.64. The molecular formula is C32H30N4O3S. The van der Waals surface area contributed by atoms with E-state index in [9.17, 15) is 8.42 Å². The number of hydrogen-bond donors (Lipinski definition) is 1. The minimum atomic E-state index is -3.41. The van der Waals surface area contributed by atoms with Crippen LogP contribution in [-0.2, 0) is 16.6 Å². The molecule has 202 valence electrons. The lowest BCUT2D eigenvalue weighted by atomic mass is 9.86. The quantitative estimate of drug-likeness (QED) is 0.255. The first-order valence-electron chi connectivity index (χ1n) is 13.3. The first-order chi connectivity index (χ1) is 19.3. The van der Waals surface area contributed by atoms with E-state index >= 15 is 0 Å². The fourth-order valence-corrected chi connectivity index (χ4v) is 6.05. The second kappa shape index (κ2) is 10.3. The molecule has 40 heavy (non-hydrogen) atoms. The van der Waals surface area contributed by atoms with Crippen LogP contribution in [0.3, 0.4) is 0 Å². The maximum Gasteiger partial charge on any atom is 0.229 e. The summed E-state index contributed by atoms with van der Waals surface area (Å²) in [6, 6.07) is 26.3. The number of sulfonamides is 1. The molecule has 0 saturated carbocycles. The van der Waals surface area contributed by atoms with Gasteiger partial charge >= 0.3 is 0 Å². The standard InChI is InChI=1S/C32H30N4O3S/c1-4-27(23-12-8-13-26(16-23)35-40(3,37)38)31-28-14-9-15-33-32(28)39-20-25-18-30-24(17-29(25)31)19-34-36(30)21(2)22-10-6-5-7-11-22/h5-19,21,35H,4,20H2,1-3H3/b31-27+. The Bertz CT molecular complexity index is 1860. The van der Waals surface area contributed by atoms with Gasteiger partial charge in [0.05, 0.1) is 24.0 Å². The SMILES string of the molecule is CC/C(=C1\c2cc3cnn(C(C)c4ccccc4)c3cc2COc2ncccc21)c1cccc(NS(C)(=O)=O)c1. The van der Waals surface area contributed by atoms with Crippen LogP contribution in [0.5, 0.6) is 5.88 Å². The number of rotatable bonds is 6. The molecule has 7 nitrogen and oxygen atoms in total. The fourth-order valence-electron chi connectivity index (χ4n) is 5.49. The fraction of sp³-hybridized carbons (Fsp3) is 0.188. The van der Waals surface area contributed by atoms with Gasteiger partial charge in [-0.25, -0.2) is 13.4 Å². The Balaban J connectivity index is 1.57. The molecule has 0 bridgehead atoms. The molecule has 3 heterocycles. The molecule has 0 amide bonds. The van der Waals surface area contributed by atoms with Crippen molar-refractivity contribution >= 4 is 37.8 Å². The molecule has 0 saturated heterocycles. The van der Waals surface area contributed by atoms with E-state index in [-0.39, 0.29) is 6.04 Å². The van der Waals surface area contributed by atoms with E-state index in [0.29, 0.717) is 24.6 Å². The van der Waals surface area contributed by atoms with Crippen molar-refractivity contribution in [3.8, 4) is 5.88 Å². The van der Waals surface area contributed by atoms with Crippen LogP contribution in [0.15, 0.2) is 91.3 Å². The average Bonchev–Trinajstić information content (AvgIpc) is 3.29. The van der Waals surface area contributed by atoms with E-state index in [1.807, 2.05) is 54.7 Å². The largest absolute Gasteiger partial charge is 0.472 e. The molecule has 2 aromatic heterocycles. The highest BCUT2D eigenvalue weighted by atomic mass is 32.2. The van der Waals surface area contributed by atoms with Crippen molar-refractivity contribution in [2.24, 2.45) is 0 Å². The molecule has 3 aromatic carbocycles. The van der Waals surface area contributed by atoms with Crippen LogP contribution in [0.4, 0.5) is 5.69 Å². The zero-order chi connectivity index (χ0) is 27.9. The van der Waals surface area contributed by atoms with Gasteiger partial charge in [0.1, 0.15) is 6.61 Å². The van der Waals surface area contributed by atoms with Crippen LogP contribution in [0.25, 0.3) is 22.0 Å². The van der Waals surface area contributed by atoms with Gasteiger partial charge in [0.2, 0.25) is 15.9 Å². The predicted molar refractivity (Wildman–Crippen MR) is 160 cm³/mol. The minimum Gasteiger partial charge on any atom is -0.472 e. The summed E-state index contributed by atoms with van der Waals surface area (Å²) in [5.74, 6) is 0.577. The third kappa shape index (κ3) is 4.86. The Labute approximate surface area is 234 Å². The molecule has 1 aliphatic heterocycles. The lowest BCUT2D eigenvalue weighted by Gasteiger charge is -2.18. The first kappa shape index (κ1) is 25.8. The van der Waals surface area contributed by atoms with Crippen LogP contribution in [0.2, 0.25) is 0 Å². The molecule has 8 heteroatoms. The highest BCUT2D eigenvalue weighted by Crippen LogP contribution is 2.43. The van der Waals surface area contributed by atoms with Crippen LogP contribution >= 0.6 is 0 Å². The third-order valence-corrected chi connectivity index (χ3v) is 7.92. The maximum atomic E-state index is 11.9. The van der Waals surface area contributed by atoms with Crippen molar-refractivity contribution in [1.82, 2.24) is 14.8 Å². The van der Waals surface area contributed by atoms with E-state index in [1.54, 1.807) is 12.3 Å². The van der Waals surface area contributed by atoms with E-state index in [4.69, 9.17) is 9.84 Å². The van der Waals surface area contributed by atoms with Crippen molar-refractivity contribution in [2.45, 2.75) is 32.9 Å². The van der Waals surface area contributed by atoms with Crippen molar-refractivity contribution in [1.29, 1.82) is 0 Å². The molecule has 0 radical (unpaired) electrons. The van der Waals surface area contributed by atoms with Crippen LogP contribution in [0.1, 0.15) is 54.1 Å². The Morgan fingerprint density at radius 1 is 1.02 bits per heavy atom. The normalized spacial score (nSPS) is 15.0. The summed E-state index contributed by atoms with van der Waals surface area (Å²) in [5.41, 5.74) is 8.79. The van der Waals surface area contributed by atoms with Gasteiger partial charge in [0.15, 0.2) is 0 Å². The number of benzene rings is 3. The van der Waals surface area contributed by atoms with Crippen molar-refractivity contribution in [2.75, 3.05) is 11.0 Å². The Hall–Kier alpha value is -4.43. The summed E-state index contributed by atoms with van der Waals surface area (Å²) in [6.45, 7) is 4.64. The summed E-state index contributed by atoms with van der Waals surface area (Å²) < 4.78 is 34.8. The summed E-state index contributed by atoms with van der Waals surface area (Å²) in [7, 11) is -3.41. The zero-order valence-electron chi connectivity index (χ0n) is 22.6. The number of anilines is 1. The van der Waals surface area contributed by atoms with Gasteiger partial charge < -0.3 is 4.74 Å². The highest BCUT2D eigenvalue weighted by Gasteiger charge is 2.25. The molecule has 1 atom stereocenters. The van der Waals surface area contributed by atoms with Crippen molar-refractivity contribution in [3.05, 3.63) is 119 Å². The van der Waals surface area contributed by atoms with Gasteiger partial charge in [-0.3, -0.25) is 9.40 Å². The average molecular weight is 551 g/mol. The maximum absolute atomic E-state index is 11.9. The Morgan fingerprint density at radius 3 is 2.62 bits per heavy atom. The van der Waals surface area contributed by atoms with Crippen LogP contribution < -0.4 is 9.46 Å². The van der Waals surface area contributed by atoms with Gasteiger partial charge in [-0.05, 0) is 83.1 Å². The smallest absolute Gasteiger partial charge is 0.229 e. The molecule has 1 unspecified atom stereocenters. The van der Waals surface area contributed by atoms with Gasteiger partial charge in [0, 0.05) is 22.8 Å². The lowest BCUT2D eigenvalue weighted by molar-refractivity contribution is 0.295. The van der Waals surface area contributed by atoms with Crippen molar-refractivity contribution < 1.29 is 13.2 Å². The molecule has 6 rings (SSSR count). The number of hydrogen-bond acceptors (Lipinski definition) is 5. The van der Waals surface area contributed by atoms with Crippen LogP contribution in [0, 0.1) is 0 Å². The highest BCUT2D eigenvalue weighted by molar-refractivity contribution is 7.92. The molecular weight excluding hydrogens is 520 g/mol. The Morgan fingerprint density at radius 2 is 1.85 bits per heavy atom. The monoisotopic (exact) mass is 550 g/mol. The molecule has 0 aliphatic carbocycles. The number of nitrogens with zero attached hydrogens (tertiary/aromatic N) is 3. The van der Waals surface area contributed by atoms with E-state index < -0.39 is 10.0 Å². The van der Waals surface area contributed by atoms with Gasteiger partial charge in [-0.15, -0.1) is 0 Å². The molecule has 1 N–H and O–H groups in total. The number of fused-ring (bicyclic) bond motifs is 3. The van der Waals surface area contributed by atoms with E-state index in [0.717, 1.165) is 50.6 Å². The summed E-state index contributed by atoms with van der Waals surface area (Å²) in [4.78, 5) is 4.57. The zero-order valence-corrected chi connectivity index (χ0v) is 23.4. The number of nitrogens with one attached hydrogen (secondary N) is 1. The van der Waals surface area contributed by atoms with Crippen molar-refractivity contribution in [3.63, 3.8) is 0 Å². The third-order valence-electron chi connectivity index (χ3n) is 7.31. The lowest BCUT2D eigenvalue weighted by Crippen LogP contribution is -2.09. The van der Waals surface area contributed by atoms with E-state index in [2.05, 4.69) is 52.5 Å². The second-order valence-electron chi connectivity index (χ2n) is 10.1. The minimum absolute atomic E-state index is 0.0635. The molecule has 5 aromatic rings. The van der Waals surface area contributed by atoms with Gasteiger partial charge in [0.25, 0.3) is 0 Å². The van der Waals surface area contributed by atoms with Gasteiger partial charge in [-0.2, -0.15) is 5.10 Å². The first-order valence-corrected chi connectivity index (χ1v) is 15.2. The topological polar surface area (TPSA) is 86.1 Å². The predicted octanol–water partition coefficient (Wildman–Crippen LogP) is 6.67. The summed E-state index contributed by atoms with van der Waals surface area (Å²) in [6.07, 6.45) is 5.53. The number of pyridine rings is 1. The number of aromatic nitrogens is 3. The summed E-state index contributed by atoms with van der Waals surface area (Å²) in [5, 5.41) is 5.82. The second-order valence-corrected chi connectivity index (χ2v) is 11.8. The number of allylic oxidation sites excluding steroid dienone is 1. The molecule has 0 fully saturated rings. The van der Waals surface area contributed by atoms with Crippen LogP contribution in [-0.4, -0.2) is 29.4 Å². The summed E-state index contributed by atoms with van der Waals surface area (Å²) >= 11 is 0. The number of ether oxygens (including phenoxy) is 1. The van der Waals surface area contributed by atoms with E-state index in [1.165, 1.54) is 5.56 Å².